The van der Waals surface area contributed by atoms with Gasteiger partial charge in [0.25, 0.3) is 0 Å². The third-order valence-corrected chi connectivity index (χ3v) is 3.06. The molecule has 2 aromatic rings. The van der Waals surface area contributed by atoms with Gasteiger partial charge in [0.05, 0.1) is 0 Å². The monoisotopic (exact) mass is 292 g/mol. The standard InChI is InChI=1S/C15H13ClO4/c16-10-4-3-5-11(8-10)20-9-13(15(18)19)12-6-1-2-7-14(12)17/h1-8,13,17H,9H2,(H,18,19). The van der Waals surface area contributed by atoms with Crippen LogP contribution in [-0.4, -0.2) is 22.8 Å². The Morgan fingerprint density at radius 3 is 2.60 bits per heavy atom. The van der Waals surface area contributed by atoms with Crippen LogP contribution in [0.25, 0.3) is 0 Å². The van der Waals surface area contributed by atoms with Gasteiger partial charge in [-0.25, -0.2) is 0 Å². The number of para-hydroxylation sites is 1. The highest BCUT2D eigenvalue weighted by Crippen LogP contribution is 2.27. The van der Waals surface area contributed by atoms with Crippen molar-refractivity contribution in [2.75, 3.05) is 6.61 Å². The van der Waals surface area contributed by atoms with Gasteiger partial charge in [-0.1, -0.05) is 35.9 Å². The van der Waals surface area contributed by atoms with Crippen molar-refractivity contribution in [3.05, 3.63) is 59.1 Å². The summed E-state index contributed by atoms with van der Waals surface area (Å²) in [6.07, 6.45) is 0. The third-order valence-electron chi connectivity index (χ3n) is 2.82. The van der Waals surface area contributed by atoms with Crippen LogP contribution >= 0.6 is 11.6 Å². The molecular weight excluding hydrogens is 280 g/mol. The van der Waals surface area contributed by atoms with Crippen LogP contribution in [0, 0.1) is 0 Å². The number of benzene rings is 2. The summed E-state index contributed by atoms with van der Waals surface area (Å²) >= 11 is 5.83. The van der Waals surface area contributed by atoms with Gasteiger partial charge in [-0.2, -0.15) is 0 Å². The van der Waals surface area contributed by atoms with Crippen LogP contribution in [0.1, 0.15) is 11.5 Å². The van der Waals surface area contributed by atoms with E-state index in [1.54, 1.807) is 42.5 Å². The number of phenols is 1. The molecule has 0 fully saturated rings. The molecule has 4 nitrogen and oxygen atoms in total. The highest BCUT2D eigenvalue weighted by atomic mass is 35.5. The van der Waals surface area contributed by atoms with Gasteiger partial charge in [-0.15, -0.1) is 0 Å². The molecule has 1 atom stereocenters. The second-order valence-electron chi connectivity index (χ2n) is 4.22. The highest BCUT2D eigenvalue weighted by Gasteiger charge is 2.23. The topological polar surface area (TPSA) is 66.8 Å². The van der Waals surface area contributed by atoms with Crippen molar-refractivity contribution >= 4 is 17.6 Å². The summed E-state index contributed by atoms with van der Waals surface area (Å²) in [4.78, 5) is 11.3. The van der Waals surface area contributed by atoms with Crippen LogP contribution in [0.15, 0.2) is 48.5 Å². The lowest BCUT2D eigenvalue weighted by Gasteiger charge is -2.15. The second-order valence-corrected chi connectivity index (χ2v) is 4.65. The third kappa shape index (κ3) is 3.42. The van der Waals surface area contributed by atoms with E-state index >= 15 is 0 Å². The van der Waals surface area contributed by atoms with Crippen LogP contribution in [0.2, 0.25) is 5.02 Å². The molecule has 104 valence electrons. The first-order valence-electron chi connectivity index (χ1n) is 5.97. The molecule has 0 aromatic heterocycles. The number of carbonyl (C=O) groups is 1. The van der Waals surface area contributed by atoms with Crippen molar-refractivity contribution in [2.24, 2.45) is 0 Å². The number of ether oxygens (including phenoxy) is 1. The summed E-state index contributed by atoms with van der Waals surface area (Å²) in [6.45, 7) is -0.0900. The number of halogens is 1. The van der Waals surface area contributed by atoms with Gasteiger partial charge in [0.1, 0.15) is 24.0 Å². The lowest BCUT2D eigenvalue weighted by Crippen LogP contribution is -2.19. The van der Waals surface area contributed by atoms with Gasteiger partial charge in [0.2, 0.25) is 0 Å². The molecule has 0 aliphatic carbocycles. The number of hydrogen-bond acceptors (Lipinski definition) is 3. The Balaban J connectivity index is 2.15. The molecule has 5 heteroatoms. The van der Waals surface area contributed by atoms with Crippen LogP contribution in [0.3, 0.4) is 0 Å². The zero-order valence-electron chi connectivity index (χ0n) is 10.5. The van der Waals surface area contributed by atoms with Crippen molar-refractivity contribution in [1.29, 1.82) is 0 Å². The van der Waals surface area contributed by atoms with E-state index in [0.29, 0.717) is 16.3 Å². The average Bonchev–Trinajstić information content (AvgIpc) is 2.40. The van der Waals surface area contributed by atoms with E-state index in [9.17, 15) is 15.0 Å². The zero-order chi connectivity index (χ0) is 14.5. The second kappa shape index (κ2) is 6.30. The fraction of sp³-hybridized carbons (Fsp3) is 0.133. The van der Waals surface area contributed by atoms with E-state index in [4.69, 9.17) is 16.3 Å². The number of aliphatic carboxylic acids is 1. The average molecular weight is 293 g/mol. The first-order chi connectivity index (χ1) is 9.58. The molecule has 1 unspecified atom stereocenters. The molecule has 0 amide bonds. The fourth-order valence-electron chi connectivity index (χ4n) is 1.81. The SMILES string of the molecule is O=C(O)C(COc1cccc(Cl)c1)c1ccccc1O. The number of hydrogen-bond donors (Lipinski definition) is 2. The van der Waals surface area contributed by atoms with Gasteiger partial charge in [0, 0.05) is 10.6 Å². The molecular formula is C15H13ClO4. The maximum atomic E-state index is 11.3. The molecule has 0 aliphatic rings. The zero-order valence-corrected chi connectivity index (χ0v) is 11.2. The Kier molecular flexibility index (Phi) is 4.48. The Labute approximate surface area is 121 Å². The van der Waals surface area contributed by atoms with E-state index in [1.165, 1.54) is 6.07 Å². The summed E-state index contributed by atoms with van der Waals surface area (Å²) < 4.78 is 5.44. The van der Waals surface area contributed by atoms with Gasteiger partial charge in [-0.3, -0.25) is 4.79 Å². The van der Waals surface area contributed by atoms with Crippen molar-refractivity contribution in [3.8, 4) is 11.5 Å². The summed E-state index contributed by atoms with van der Waals surface area (Å²) in [6, 6.07) is 13.0. The quantitative estimate of drug-likeness (QED) is 0.887. The Morgan fingerprint density at radius 1 is 1.20 bits per heavy atom. The minimum atomic E-state index is -1.06. The van der Waals surface area contributed by atoms with E-state index in [1.807, 2.05) is 0 Å². The fourth-order valence-corrected chi connectivity index (χ4v) is 1.99. The number of carboxylic acids is 1. The first-order valence-corrected chi connectivity index (χ1v) is 6.35. The van der Waals surface area contributed by atoms with E-state index in [-0.39, 0.29) is 12.4 Å². The molecule has 0 saturated heterocycles. The molecule has 2 rings (SSSR count). The molecule has 0 saturated carbocycles. The number of carboxylic acid groups (broad SMARTS) is 1. The van der Waals surface area contributed by atoms with Gasteiger partial charge in [0.15, 0.2) is 0 Å². The molecule has 0 heterocycles. The molecule has 0 aliphatic heterocycles. The first kappa shape index (κ1) is 14.2. The van der Waals surface area contributed by atoms with E-state index < -0.39 is 11.9 Å². The Morgan fingerprint density at radius 2 is 1.95 bits per heavy atom. The summed E-state index contributed by atoms with van der Waals surface area (Å²) in [5.41, 5.74) is 0.321. The summed E-state index contributed by atoms with van der Waals surface area (Å²) in [5, 5.41) is 19.5. The number of phenolic OH excluding ortho intramolecular Hbond substituents is 1. The highest BCUT2D eigenvalue weighted by molar-refractivity contribution is 6.30. The number of rotatable bonds is 5. The summed E-state index contributed by atoms with van der Waals surface area (Å²) in [5.74, 6) is -1.59. The lowest BCUT2D eigenvalue weighted by molar-refractivity contribution is -0.139. The van der Waals surface area contributed by atoms with E-state index in [0.717, 1.165) is 0 Å². The predicted molar refractivity (Wildman–Crippen MR) is 75.4 cm³/mol. The van der Waals surface area contributed by atoms with Crippen LogP contribution in [0.5, 0.6) is 11.5 Å². The molecule has 0 spiro atoms. The molecule has 0 radical (unpaired) electrons. The molecule has 2 aromatic carbocycles. The van der Waals surface area contributed by atoms with Crippen molar-refractivity contribution in [1.82, 2.24) is 0 Å². The predicted octanol–water partition coefficient (Wildman–Crippen LogP) is 3.29. The Hall–Kier alpha value is -2.20. The summed E-state index contributed by atoms with van der Waals surface area (Å²) in [7, 11) is 0. The van der Waals surface area contributed by atoms with Gasteiger partial charge < -0.3 is 14.9 Å². The minimum absolute atomic E-state index is 0.0606. The van der Waals surface area contributed by atoms with Crippen LogP contribution < -0.4 is 4.74 Å². The van der Waals surface area contributed by atoms with E-state index in [2.05, 4.69) is 0 Å². The molecule has 20 heavy (non-hydrogen) atoms. The van der Waals surface area contributed by atoms with Crippen molar-refractivity contribution < 1.29 is 19.7 Å². The lowest BCUT2D eigenvalue weighted by atomic mass is 9.99. The maximum Gasteiger partial charge on any atom is 0.314 e. The smallest absolute Gasteiger partial charge is 0.314 e. The normalized spacial score (nSPS) is 11.8. The van der Waals surface area contributed by atoms with Gasteiger partial charge in [-0.05, 0) is 24.3 Å². The minimum Gasteiger partial charge on any atom is -0.508 e. The van der Waals surface area contributed by atoms with Gasteiger partial charge >= 0.3 is 5.97 Å². The van der Waals surface area contributed by atoms with Crippen molar-refractivity contribution in [2.45, 2.75) is 5.92 Å². The number of aromatic hydroxyl groups is 1. The van der Waals surface area contributed by atoms with Crippen LogP contribution in [-0.2, 0) is 4.79 Å². The molecule has 0 bridgehead atoms. The Bertz CT molecular complexity index is 612. The van der Waals surface area contributed by atoms with Crippen LogP contribution in [0.4, 0.5) is 0 Å². The maximum absolute atomic E-state index is 11.3. The largest absolute Gasteiger partial charge is 0.508 e. The van der Waals surface area contributed by atoms with Crippen molar-refractivity contribution in [3.63, 3.8) is 0 Å². The molecule has 2 N–H and O–H groups in total.